The molecule has 1 atom stereocenters. The maximum absolute atomic E-state index is 13.3. The number of aliphatic hydroxyl groups is 1. The number of halogens is 2. The fourth-order valence-corrected chi connectivity index (χ4v) is 5.48. The van der Waals surface area contributed by atoms with Crippen molar-refractivity contribution in [3.63, 3.8) is 0 Å². The van der Waals surface area contributed by atoms with E-state index >= 15 is 0 Å². The first kappa shape index (κ1) is 18.1. The van der Waals surface area contributed by atoms with Crippen molar-refractivity contribution in [2.45, 2.75) is 42.7 Å². The fourth-order valence-electron chi connectivity index (χ4n) is 3.74. The van der Waals surface area contributed by atoms with Crippen LogP contribution < -0.4 is 0 Å². The molecule has 0 amide bonds. The summed E-state index contributed by atoms with van der Waals surface area (Å²) in [5.41, 5.74) is 0. The molecular weight excluding hydrogens is 355 g/mol. The predicted molar refractivity (Wildman–Crippen MR) is 90.0 cm³/mol. The molecule has 134 valence electrons. The van der Waals surface area contributed by atoms with Crippen LogP contribution >= 0.6 is 11.6 Å². The van der Waals surface area contributed by atoms with Gasteiger partial charge in [-0.05, 0) is 50.4 Å². The largest absolute Gasteiger partial charge is 0.395 e. The van der Waals surface area contributed by atoms with Gasteiger partial charge in [-0.1, -0.05) is 11.6 Å². The van der Waals surface area contributed by atoms with Crippen LogP contribution in [0, 0.1) is 5.82 Å². The van der Waals surface area contributed by atoms with Crippen LogP contribution in [0.25, 0.3) is 0 Å². The van der Waals surface area contributed by atoms with Crippen molar-refractivity contribution in [2.75, 3.05) is 26.2 Å². The first-order valence-corrected chi connectivity index (χ1v) is 10.1. The summed E-state index contributed by atoms with van der Waals surface area (Å²) in [6.07, 6.45) is 3.57. The molecule has 2 aliphatic heterocycles. The van der Waals surface area contributed by atoms with Crippen LogP contribution in [0.5, 0.6) is 0 Å². The van der Waals surface area contributed by atoms with Gasteiger partial charge in [0.2, 0.25) is 10.0 Å². The molecule has 0 aromatic heterocycles. The number of aliphatic hydroxyl groups excluding tert-OH is 1. The van der Waals surface area contributed by atoms with Gasteiger partial charge in [0, 0.05) is 25.2 Å². The minimum Gasteiger partial charge on any atom is -0.395 e. The molecule has 0 spiro atoms. The zero-order valence-corrected chi connectivity index (χ0v) is 14.9. The highest BCUT2D eigenvalue weighted by Crippen LogP contribution is 2.29. The van der Waals surface area contributed by atoms with Crippen LogP contribution in [-0.4, -0.2) is 61.1 Å². The molecule has 0 bridgehead atoms. The molecule has 2 aliphatic rings. The highest BCUT2D eigenvalue weighted by atomic mass is 35.5. The SMILES string of the molecule is O=S(=O)(c1ccc(F)c(Cl)c1)N1CCC(N2CCC[C@@H]2CO)CC1. The molecule has 2 heterocycles. The Bertz CT molecular complexity index is 693. The van der Waals surface area contributed by atoms with E-state index in [2.05, 4.69) is 4.90 Å². The lowest BCUT2D eigenvalue weighted by Crippen LogP contribution is -2.48. The van der Waals surface area contributed by atoms with Gasteiger partial charge in [0.25, 0.3) is 0 Å². The van der Waals surface area contributed by atoms with Gasteiger partial charge in [0.05, 0.1) is 16.5 Å². The Morgan fingerprint density at radius 2 is 1.92 bits per heavy atom. The average Bonchev–Trinajstić information content (AvgIpc) is 3.06. The van der Waals surface area contributed by atoms with Crippen LogP contribution in [0.4, 0.5) is 4.39 Å². The lowest BCUT2D eigenvalue weighted by Gasteiger charge is -2.38. The lowest BCUT2D eigenvalue weighted by atomic mass is 10.0. The molecule has 5 nitrogen and oxygen atoms in total. The van der Waals surface area contributed by atoms with Crippen molar-refractivity contribution >= 4 is 21.6 Å². The molecule has 0 saturated carbocycles. The van der Waals surface area contributed by atoms with Crippen molar-refractivity contribution in [1.82, 2.24) is 9.21 Å². The van der Waals surface area contributed by atoms with E-state index in [0.29, 0.717) is 19.1 Å². The van der Waals surface area contributed by atoms with E-state index in [9.17, 15) is 17.9 Å². The van der Waals surface area contributed by atoms with Gasteiger partial charge in [-0.3, -0.25) is 4.90 Å². The van der Waals surface area contributed by atoms with Gasteiger partial charge in [-0.15, -0.1) is 0 Å². The van der Waals surface area contributed by atoms with E-state index in [-0.39, 0.29) is 22.6 Å². The molecule has 1 aromatic carbocycles. The van der Waals surface area contributed by atoms with Crippen molar-refractivity contribution < 1.29 is 17.9 Å². The van der Waals surface area contributed by atoms with Crippen LogP contribution in [0.2, 0.25) is 5.02 Å². The molecule has 8 heteroatoms. The molecule has 0 aliphatic carbocycles. The Morgan fingerprint density at radius 1 is 1.21 bits per heavy atom. The first-order valence-electron chi connectivity index (χ1n) is 8.25. The summed E-state index contributed by atoms with van der Waals surface area (Å²) in [6, 6.07) is 4.02. The van der Waals surface area contributed by atoms with Crippen molar-refractivity contribution in [2.24, 2.45) is 0 Å². The summed E-state index contributed by atoms with van der Waals surface area (Å²) in [5, 5.41) is 9.27. The van der Waals surface area contributed by atoms with Gasteiger partial charge in [-0.25, -0.2) is 12.8 Å². The molecule has 1 N–H and O–H groups in total. The number of rotatable bonds is 4. The molecule has 0 radical (unpaired) electrons. The Balaban J connectivity index is 1.68. The van der Waals surface area contributed by atoms with E-state index in [1.807, 2.05) is 0 Å². The second-order valence-corrected chi connectivity index (χ2v) is 8.77. The van der Waals surface area contributed by atoms with Gasteiger partial charge in [0.1, 0.15) is 5.82 Å². The predicted octanol–water partition coefficient (Wildman–Crippen LogP) is 2.09. The Labute approximate surface area is 147 Å². The van der Waals surface area contributed by atoms with Gasteiger partial charge in [0.15, 0.2) is 0 Å². The number of piperidine rings is 1. The quantitative estimate of drug-likeness (QED) is 0.874. The number of hydrogen-bond donors (Lipinski definition) is 1. The molecule has 0 unspecified atom stereocenters. The second kappa shape index (κ2) is 7.25. The normalized spacial score (nSPS) is 24.5. The zero-order chi connectivity index (χ0) is 17.3. The number of hydrogen-bond acceptors (Lipinski definition) is 4. The number of benzene rings is 1. The highest BCUT2D eigenvalue weighted by molar-refractivity contribution is 7.89. The number of nitrogens with zero attached hydrogens (tertiary/aromatic N) is 2. The Morgan fingerprint density at radius 3 is 2.54 bits per heavy atom. The van der Waals surface area contributed by atoms with Gasteiger partial charge < -0.3 is 5.11 Å². The zero-order valence-electron chi connectivity index (χ0n) is 13.4. The maximum Gasteiger partial charge on any atom is 0.243 e. The minimum atomic E-state index is -3.65. The summed E-state index contributed by atoms with van der Waals surface area (Å²) >= 11 is 5.71. The summed E-state index contributed by atoms with van der Waals surface area (Å²) in [5.74, 6) is -0.626. The highest BCUT2D eigenvalue weighted by Gasteiger charge is 2.35. The van der Waals surface area contributed by atoms with E-state index in [4.69, 9.17) is 11.6 Å². The van der Waals surface area contributed by atoms with Gasteiger partial charge >= 0.3 is 0 Å². The van der Waals surface area contributed by atoms with Crippen molar-refractivity contribution in [3.05, 3.63) is 29.0 Å². The molecular formula is C16H22ClFN2O3S. The van der Waals surface area contributed by atoms with E-state index in [1.165, 1.54) is 16.4 Å². The summed E-state index contributed by atoms with van der Waals surface area (Å²) in [7, 11) is -3.65. The number of sulfonamides is 1. The van der Waals surface area contributed by atoms with Crippen LogP contribution in [-0.2, 0) is 10.0 Å². The van der Waals surface area contributed by atoms with E-state index in [1.54, 1.807) is 0 Å². The Hall–Kier alpha value is -0.730. The third-order valence-corrected chi connectivity index (χ3v) is 7.24. The topological polar surface area (TPSA) is 60.9 Å². The first-order chi connectivity index (χ1) is 11.4. The molecule has 2 fully saturated rings. The third-order valence-electron chi connectivity index (χ3n) is 5.05. The second-order valence-electron chi connectivity index (χ2n) is 6.43. The fraction of sp³-hybridized carbons (Fsp3) is 0.625. The summed E-state index contributed by atoms with van der Waals surface area (Å²) in [4.78, 5) is 2.35. The third kappa shape index (κ3) is 3.46. The van der Waals surface area contributed by atoms with E-state index < -0.39 is 15.8 Å². The van der Waals surface area contributed by atoms with Crippen LogP contribution in [0.15, 0.2) is 23.1 Å². The standard InChI is InChI=1S/C16H22ClFN2O3S/c17-15-10-14(3-4-16(15)18)24(22,23)19-8-5-12(6-9-19)20-7-1-2-13(20)11-21/h3-4,10,12-13,21H,1-2,5-9,11H2/t13-/m1/s1. The molecule has 1 aromatic rings. The number of likely N-dealkylation sites (tertiary alicyclic amines) is 1. The van der Waals surface area contributed by atoms with Crippen molar-refractivity contribution in [1.29, 1.82) is 0 Å². The molecule has 2 saturated heterocycles. The van der Waals surface area contributed by atoms with Crippen LogP contribution in [0.3, 0.4) is 0 Å². The van der Waals surface area contributed by atoms with Gasteiger partial charge in [-0.2, -0.15) is 4.31 Å². The minimum absolute atomic E-state index is 0.0294. The summed E-state index contributed by atoms with van der Waals surface area (Å²) in [6.45, 7) is 1.98. The van der Waals surface area contributed by atoms with E-state index in [0.717, 1.165) is 38.3 Å². The monoisotopic (exact) mass is 376 g/mol. The molecule has 3 rings (SSSR count). The smallest absolute Gasteiger partial charge is 0.243 e. The Kier molecular flexibility index (Phi) is 5.46. The summed E-state index contributed by atoms with van der Waals surface area (Å²) < 4.78 is 40.1. The lowest BCUT2D eigenvalue weighted by molar-refractivity contribution is 0.0899. The maximum atomic E-state index is 13.3. The average molecular weight is 377 g/mol. The molecule has 24 heavy (non-hydrogen) atoms. The van der Waals surface area contributed by atoms with Crippen molar-refractivity contribution in [3.8, 4) is 0 Å². The van der Waals surface area contributed by atoms with Crippen LogP contribution in [0.1, 0.15) is 25.7 Å².